The summed E-state index contributed by atoms with van der Waals surface area (Å²) < 4.78 is 0. The molecule has 1 atom stereocenters. The quantitative estimate of drug-likeness (QED) is 0.773. The Morgan fingerprint density at radius 1 is 1.33 bits per heavy atom. The summed E-state index contributed by atoms with van der Waals surface area (Å²) in [5.41, 5.74) is 2.07. The predicted octanol–water partition coefficient (Wildman–Crippen LogP) is 2.99. The average Bonchev–Trinajstić information content (AvgIpc) is 2.98. The zero-order valence-electron chi connectivity index (χ0n) is 12.4. The van der Waals surface area contributed by atoms with Crippen LogP contribution in [0.25, 0.3) is 11.3 Å². The molecule has 0 saturated carbocycles. The standard InChI is InChI=1S/C16H21N3OS/c1-12(18-15(20)9-6-10-17-2)16-19-14(11-21-16)13-7-4-3-5-8-13/h3-5,7-8,11-12,17H,6,9-10H2,1-2H3,(H,18,20). The number of carbonyl (C=O) groups is 1. The van der Waals surface area contributed by atoms with Crippen LogP contribution in [0.3, 0.4) is 0 Å². The van der Waals surface area contributed by atoms with Crippen molar-refractivity contribution in [2.24, 2.45) is 0 Å². The summed E-state index contributed by atoms with van der Waals surface area (Å²) in [5, 5.41) is 9.02. The SMILES string of the molecule is CNCCCC(=O)NC(C)c1nc(-c2ccccc2)cs1. The molecule has 0 radical (unpaired) electrons. The first-order valence-corrected chi connectivity index (χ1v) is 8.03. The van der Waals surface area contributed by atoms with Crippen LogP contribution < -0.4 is 10.6 Å². The Kier molecular flexibility index (Phi) is 5.90. The van der Waals surface area contributed by atoms with Gasteiger partial charge >= 0.3 is 0 Å². The molecule has 0 aliphatic rings. The molecule has 0 spiro atoms. The van der Waals surface area contributed by atoms with Crippen molar-refractivity contribution >= 4 is 17.2 Å². The fourth-order valence-electron chi connectivity index (χ4n) is 2.03. The van der Waals surface area contributed by atoms with E-state index in [9.17, 15) is 4.79 Å². The minimum Gasteiger partial charge on any atom is -0.347 e. The number of aromatic nitrogens is 1. The molecular weight excluding hydrogens is 282 g/mol. The molecule has 2 N–H and O–H groups in total. The van der Waals surface area contributed by atoms with E-state index in [2.05, 4.69) is 15.6 Å². The Morgan fingerprint density at radius 3 is 2.81 bits per heavy atom. The normalized spacial score (nSPS) is 12.1. The maximum absolute atomic E-state index is 11.8. The number of rotatable bonds is 7. The second-order valence-corrected chi connectivity index (χ2v) is 5.82. The summed E-state index contributed by atoms with van der Waals surface area (Å²) in [6, 6.07) is 10.0. The summed E-state index contributed by atoms with van der Waals surface area (Å²) in [6.45, 7) is 2.83. The number of nitrogens with zero attached hydrogens (tertiary/aromatic N) is 1. The summed E-state index contributed by atoms with van der Waals surface area (Å²) in [4.78, 5) is 16.4. The number of hydrogen-bond acceptors (Lipinski definition) is 4. The summed E-state index contributed by atoms with van der Waals surface area (Å²) in [5.74, 6) is 0.0780. The van der Waals surface area contributed by atoms with E-state index in [4.69, 9.17) is 0 Å². The molecule has 5 heteroatoms. The van der Waals surface area contributed by atoms with Gasteiger partial charge in [-0.25, -0.2) is 4.98 Å². The molecule has 0 aliphatic heterocycles. The fraction of sp³-hybridized carbons (Fsp3) is 0.375. The minimum atomic E-state index is -0.0467. The first-order chi connectivity index (χ1) is 10.2. The number of nitrogens with one attached hydrogen (secondary N) is 2. The van der Waals surface area contributed by atoms with Gasteiger partial charge in [0.15, 0.2) is 0 Å². The molecule has 1 aromatic carbocycles. The smallest absolute Gasteiger partial charge is 0.220 e. The van der Waals surface area contributed by atoms with Gasteiger partial charge in [-0.1, -0.05) is 30.3 Å². The van der Waals surface area contributed by atoms with Crippen molar-refractivity contribution in [2.45, 2.75) is 25.8 Å². The van der Waals surface area contributed by atoms with Crippen LogP contribution in [0.4, 0.5) is 0 Å². The van der Waals surface area contributed by atoms with E-state index in [1.54, 1.807) is 11.3 Å². The van der Waals surface area contributed by atoms with E-state index in [0.29, 0.717) is 6.42 Å². The third kappa shape index (κ3) is 4.65. The zero-order chi connectivity index (χ0) is 15.1. The van der Waals surface area contributed by atoms with Crippen molar-refractivity contribution in [1.82, 2.24) is 15.6 Å². The van der Waals surface area contributed by atoms with Crippen LogP contribution in [0.15, 0.2) is 35.7 Å². The molecule has 2 rings (SSSR count). The summed E-state index contributed by atoms with van der Waals surface area (Å²) >= 11 is 1.58. The summed E-state index contributed by atoms with van der Waals surface area (Å²) in [7, 11) is 1.89. The van der Waals surface area contributed by atoms with Crippen LogP contribution in [0, 0.1) is 0 Å². The lowest BCUT2D eigenvalue weighted by Crippen LogP contribution is -2.27. The van der Waals surface area contributed by atoms with Crippen molar-refractivity contribution < 1.29 is 4.79 Å². The Balaban J connectivity index is 1.93. The van der Waals surface area contributed by atoms with Gasteiger partial charge in [-0.05, 0) is 26.9 Å². The molecule has 4 nitrogen and oxygen atoms in total. The van der Waals surface area contributed by atoms with Crippen molar-refractivity contribution in [1.29, 1.82) is 0 Å². The third-order valence-electron chi connectivity index (χ3n) is 3.17. The van der Waals surface area contributed by atoms with Crippen LogP contribution in [0.5, 0.6) is 0 Å². The number of thiazole rings is 1. The van der Waals surface area contributed by atoms with Crippen molar-refractivity contribution in [3.63, 3.8) is 0 Å². The molecule has 2 aromatic rings. The lowest BCUT2D eigenvalue weighted by atomic mass is 10.2. The first-order valence-electron chi connectivity index (χ1n) is 7.15. The van der Waals surface area contributed by atoms with Crippen LogP contribution in [-0.2, 0) is 4.79 Å². The maximum Gasteiger partial charge on any atom is 0.220 e. The molecule has 0 bridgehead atoms. The van der Waals surface area contributed by atoms with Crippen LogP contribution in [0.2, 0.25) is 0 Å². The highest BCUT2D eigenvalue weighted by molar-refractivity contribution is 7.10. The average molecular weight is 303 g/mol. The van der Waals surface area contributed by atoms with E-state index < -0.39 is 0 Å². The van der Waals surface area contributed by atoms with Gasteiger partial charge in [-0.15, -0.1) is 11.3 Å². The van der Waals surface area contributed by atoms with Gasteiger partial charge in [0, 0.05) is 17.4 Å². The maximum atomic E-state index is 11.8. The molecule has 1 amide bonds. The minimum absolute atomic E-state index is 0.0467. The van der Waals surface area contributed by atoms with Gasteiger partial charge in [-0.3, -0.25) is 4.79 Å². The zero-order valence-corrected chi connectivity index (χ0v) is 13.2. The van der Waals surface area contributed by atoms with Crippen LogP contribution >= 0.6 is 11.3 Å². The lowest BCUT2D eigenvalue weighted by molar-refractivity contribution is -0.121. The van der Waals surface area contributed by atoms with Gasteiger partial charge in [0.05, 0.1) is 11.7 Å². The van der Waals surface area contributed by atoms with Crippen molar-refractivity contribution in [3.05, 3.63) is 40.7 Å². The number of hydrogen-bond donors (Lipinski definition) is 2. The second-order valence-electron chi connectivity index (χ2n) is 4.93. The van der Waals surface area contributed by atoms with Crippen molar-refractivity contribution in [3.8, 4) is 11.3 Å². The second kappa shape index (κ2) is 7.90. The molecule has 1 heterocycles. The van der Waals surface area contributed by atoms with Gasteiger partial charge in [0.2, 0.25) is 5.91 Å². The monoisotopic (exact) mass is 303 g/mol. The molecule has 21 heavy (non-hydrogen) atoms. The first kappa shape index (κ1) is 15.7. The van der Waals surface area contributed by atoms with E-state index >= 15 is 0 Å². The predicted molar refractivity (Wildman–Crippen MR) is 87.3 cm³/mol. The van der Waals surface area contributed by atoms with Gasteiger partial charge in [0.25, 0.3) is 0 Å². The highest BCUT2D eigenvalue weighted by Crippen LogP contribution is 2.25. The Hall–Kier alpha value is -1.72. The van der Waals surface area contributed by atoms with Crippen LogP contribution in [-0.4, -0.2) is 24.5 Å². The highest BCUT2D eigenvalue weighted by Gasteiger charge is 2.13. The number of amides is 1. The van der Waals surface area contributed by atoms with E-state index in [1.807, 2.05) is 49.7 Å². The molecule has 1 unspecified atom stereocenters. The number of benzene rings is 1. The topological polar surface area (TPSA) is 54.0 Å². The van der Waals surface area contributed by atoms with E-state index in [0.717, 1.165) is 29.2 Å². The molecule has 0 fully saturated rings. The van der Waals surface area contributed by atoms with Gasteiger partial charge in [0.1, 0.15) is 5.01 Å². The third-order valence-corrected chi connectivity index (χ3v) is 4.20. The van der Waals surface area contributed by atoms with E-state index in [1.165, 1.54) is 0 Å². The van der Waals surface area contributed by atoms with Crippen molar-refractivity contribution in [2.75, 3.05) is 13.6 Å². The Labute approximate surface area is 129 Å². The van der Waals surface area contributed by atoms with E-state index in [-0.39, 0.29) is 11.9 Å². The fourth-order valence-corrected chi connectivity index (χ4v) is 2.86. The highest BCUT2D eigenvalue weighted by atomic mass is 32.1. The van der Waals surface area contributed by atoms with Gasteiger partial charge < -0.3 is 10.6 Å². The Morgan fingerprint density at radius 2 is 2.10 bits per heavy atom. The molecular formula is C16H21N3OS. The summed E-state index contributed by atoms with van der Waals surface area (Å²) in [6.07, 6.45) is 1.39. The molecule has 0 aliphatic carbocycles. The number of carbonyl (C=O) groups excluding carboxylic acids is 1. The molecule has 0 saturated heterocycles. The van der Waals surface area contributed by atoms with Crippen LogP contribution in [0.1, 0.15) is 30.8 Å². The Bertz CT molecular complexity index is 568. The molecule has 1 aromatic heterocycles. The lowest BCUT2D eigenvalue weighted by Gasteiger charge is -2.11. The van der Waals surface area contributed by atoms with Gasteiger partial charge in [-0.2, -0.15) is 0 Å². The molecule has 112 valence electrons. The largest absolute Gasteiger partial charge is 0.347 e.